The Morgan fingerprint density at radius 2 is 1.55 bits per heavy atom. The van der Waals surface area contributed by atoms with Crippen molar-refractivity contribution in [3.8, 4) is 5.75 Å². The molecule has 10 rings (SSSR count). The minimum atomic E-state index is -0.985. The summed E-state index contributed by atoms with van der Waals surface area (Å²) < 4.78 is 20.5. The van der Waals surface area contributed by atoms with Crippen molar-refractivity contribution in [3.63, 3.8) is 0 Å². The molecular weight excluding hydrogens is 880 g/mol. The van der Waals surface area contributed by atoms with Crippen LogP contribution in [0.25, 0.3) is 10.9 Å². The summed E-state index contributed by atoms with van der Waals surface area (Å²) in [6.07, 6.45) is 9.19. The highest BCUT2D eigenvalue weighted by Gasteiger charge is 2.45. The lowest BCUT2D eigenvalue weighted by Gasteiger charge is -2.43. The number of likely N-dealkylation sites (tertiary alicyclic amines) is 2. The second-order valence-electron chi connectivity index (χ2n) is 19.9. The third-order valence-corrected chi connectivity index (χ3v) is 15.8. The third kappa shape index (κ3) is 9.96. The molecule has 362 valence electrons. The van der Waals surface area contributed by atoms with E-state index in [-0.39, 0.29) is 54.0 Å². The molecule has 15 nitrogen and oxygen atoms in total. The minimum Gasteiger partial charge on any atom is -0.490 e. The molecule has 5 fully saturated rings. The molecule has 3 aromatic carbocycles. The number of aromatic nitrogens is 1. The van der Waals surface area contributed by atoms with Gasteiger partial charge in [-0.2, -0.15) is 0 Å². The van der Waals surface area contributed by atoms with Crippen LogP contribution in [0, 0.1) is 17.7 Å². The number of amides is 6. The number of ether oxygens (including phenoxy) is 1. The number of pyridine rings is 1. The highest BCUT2D eigenvalue weighted by molar-refractivity contribution is 6.23. The molecule has 4 saturated heterocycles. The van der Waals surface area contributed by atoms with Gasteiger partial charge in [-0.3, -0.25) is 53.8 Å². The average molecular weight is 941 g/mol. The summed E-state index contributed by atoms with van der Waals surface area (Å²) in [7, 11) is 0. The van der Waals surface area contributed by atoms with Crippen molar-refractivity contribution in [1.29, 1.82) is 0 Å². The first-order valence-corrected chi connectivity index (χ1v) is 24.9. The fourth-order valence-electron chi connectivity index (χ4n) is 11.7. The highest BCUT2D eigenvalue weighted by atomic mass is 19.1. The fraction of sp³-hybridized carbons (Fsp3) is 0.491. The fourth-order valence-corrected chi connectivity index (χ4v) is 11.7. The molecule has 1 aliphatic carbocycles. The van der Waals surface area contributed by atoms with Crippen LogP contribution in [0.2, 0.25) is 0 Å². The van der Waals surface area contributed by atoms with Crippen molar-refractivity contribution in [3.05, 3.63) is 95.4 Å². The van der Waals surface area contributed by atoms with Gasteiger partial charge in [-0.1, -0.05) is 13.0 Å². The number of piperidine rings is 3. The van der Waals surface area contributed by atoms with E-state index in [4.69, 9.17) is 4.74 Å². The normalized spacial score (nSPS) is 23.8. The van der Waals surface area contributed by atoms with Gasteiger partial charge in [0.25, 0.3) is 11.8 Å². The average Bonchev–Trinajstić information content (AvgIpc) is 3.61. The maximum Gasteiger partial charge on any atom is 0.262 e. The molecule has 2 N–H and O–H groups in total. The number of carbonyl (C=O) groups excluding carboxylic acids is 6. The van der Waals surface area contributed by atoms with Crippen molar-refractivity contribution >= 4 is 57.7 Å². The number of piperazine rings is 1. The Balaban J connectivity index is 0.626. The van der Waals surface area contributed by atoms with Crippen molar-refractivity contribution in [2.24, 2.45) is 11.8 Å². The zero-order valence-electron chi connectivity index (χ0n) is 39.2. The van der Waals surface area contributed by atoms with E-state index in [2.05, 4.69) is 30.3 Å². The number of carbonyl (C=O) groups is 6. The van der Waals surface area contributed by atoms with Crippen LogP contribution in [0.3, 0.4) is 0 Å². The Kier molecular flexibility index (Phi) is 13.5. The number of halogens is 1. The molecule has 6 amide bonds. The largest absolute Gasteiger partial charge is 0.490 e. The first-order chi connectivity index (χ1) is 33.4. The van der Waals surface area contributed by atoms with Gasteiger partial charge in [-0.15, -0.1) is 0 Å². The van der Waals surface area contributed by atoms with Crippen molar-refractivity contribution in [2.75, 3.05) is 69.1 Å². The number of rotatable bonds is 11. The van der Waals surface area contributed by atoms with Gasteiger partial charge in [0.15, 0.2) is 0 Å². The third-order valence-electron chi connectivity index (χ3n) is 15.8. The number of nitrogens with zero attached hydrogens (tertiary/aromatic N) is 6. The smallest absolute Gasteiger partial charge is 0.262 e. The van der Waals surface area contributed by atoms with Crippen molar-refractivity contribution < 1.29 is 37.9 Å². The van der Waals surface area contributed by atoms with Crippen LogP contribution in [0.4, 0.5) is 15.8 Å². The van der Waals surface area contributed by atoms with Crippen LogP contribution in [-0.4, -0.2) is 137 Å². The van der Waals surface area contributed by atoms with Crippen LogP contribution >= 0.6 is 0 Å². The molecule has 6 heterocycles. The molecule has 2 unspecified atom stereocenters. The first kappa shape index (κ1) is 46.5. The quantitative estimate of drug-likeness (QED) is 0.170. The SMILES string of the molecule is CC(C(=O)Nc1cccc(OC2CCN(C(=O)CN3CCC(N4CCN(c5ccc6c(c5)C(=O)N(C5CCC(=O)NC5=O)C6=O)CC4)CC3)CC2)c1)C1CCC(c2ccnc3ccc(F)cc23)CC1. The zero-order valence-corrected chi connectivity index (χ0v) is 39.2. The molecule has 2 atom stereocenters. The lowest BCUT2D eigenvalue weighted by Crippen LogP contribution is -2.54. The van der Waals surface area contributed by atoms with Crippen LogP contribution in [0.5, 0.6) is 5.75 Å². The maximum atomic E-state index is 14.1. The standard InChI is InChI=1S/C53H61FN8O7/c1-33(34-5-7-35(8-6-34)42-15-20-55-46-12-9-36(54)29-44(42)46)50(65)56-37-3-2-4-41(30-37)69-40-18-23-61(24-19-40)49(64)32-58-21-16-38(17-22-58)59-25-27-60(28-26-59)39-10-11-43-45(31-39)53(68)62(52(43)67)47-13-14-48(63)57-51(47)66/h2-4,9-12,15,20,29-31,33-35,38,40,47H,5-8,13-14,16-19,21-28,32H2,1H3,(H,56,65)(H,57,63,66). The van der Waals surface area contributed by atoms with Gasteiger partial charge in [0.05, 0.1) is 23.2 Å². The van der Waals surface area contributed by atoms with Gasteiger partial charge in [0.1, 0.15) is 23.7 Å². The van der Waals surface area contributed by atoms with E-state index in [1.165, 1.54) is 6.07 Å². The summed E-state index contributed by atoms with van der Waals surface area (Å²) in [6.45, 7) is 8.71. The van der Waals surface area contributed by atoms with Gasteiger partial charge in [-0.05, 0) is 117 Å². The molecule has 0 spiro atoms. The lowest BCUT2D eigenvalue weighted by molar-refractivity contribution is -0.136. The van der Waals surface area contributed by atoms with Gasteiger partial charge in [-0.25, -0.2) is 4.39 Å². The van der Waals surface area contributed by atoms with Crippen LogP contribution in [-0.2, 0) is 19.2 Å². The van der Waals surface area contributed by atoms with E-state index >= 15 is 0 Å². The van der Waals surface area contributed by atoms with E-state index in [1.807, 2.05) is 48.2 Å². The van der Waals surface area contributed by atoms with Gasteiger partial charge in [0, 0.05) is 113 Å². The number of imide groups is 2. The lowest BCUT2D eigenvalue weighted by atomic mass is 9.73. The molecule has 1 saturated carbocycles. The Bertz CT molecular complexity index is 2630. The summed E-state index contributed by atoms with van der Waals surface area (Å²) in [5.74, 6) is -0.979. The van der Waals surface area contributed by atoms with E-state index in [0.29, 0.717) is 48.6 Å². The zero-order chi connectivity index (χ0) is 47.8. The Labute approximate surface area is 401 Å². The summed E-state index contributed by atoms with van der Waals surface area (Å²) in [4.78, 5) is 92.1. The van der Waals surface area contributed by atoms with E-state index in [1.54, 1.807) is 30.5 Å². The van der Waals surface area contributed by atoms with Gasteiger partial charge in [0.2, 0.25) is 23.6 Å². The van der Waals surface area contributed by atoms with Gasteiger partial charge >= 0.3 is 0 Å². The number of anilines is 2. The highest BCUT2D eigenvalue weighted by Crippen LogP contribution is 2.41. The molecule has 0 bridgehead atoms. The van der Waals surface area contributed by atoms with E-state index < -0.39 is 29.7 Å². The Hall–Kier alpha value is -6.26. The molecule has 69 heavy (non-hydrogen) atoms. The predicted molar refractivity (Wildman–Crippen MR) is 257 cm³/mol. The second-order valence-corrected chi connectivity index (χ2v) is 19.9. The molecule has 4 aromatic rings. The maximum absolute atomic E-state index is 14.1. The Morgan fingerprint density at radius 1 is 0.797 bits per heavy atom. The van der Waals surface area contributed by atoms with Crippen LogP contribution in [0.15, 0.2) is 72.9 Å². The number of nitrogens with one attached hydrogen (secondary N) is 2. The van der Waals surface area contributed by atoms with Crippen LogP contribution < -0.4 is 20.3 Å². The molecule has 0 radical (unpaired) electrons. The molecule has 5 aliphatic heterocycles. The number of benzene rings is 3. The van der Waals surface area contributed by atoms with Crippen molar-refractivity contribution in [1.82, 2.24) is 29.9 Å². The second kappa shape index (κ2) is 20.0. The van der Waals surface area contributed by atoms with Crippen molar-refractivity contribution in [2.45, 2.75) is 95.2 Å². The summed E-state index contributed by atoms with van der Waals surface area (Å²) in [6, 6.07) is 19.1. The summed E-state index contributed by atoms with van der Waals surface area (Å²) >= 11 is 0. The van der Waals surface area contributed by atoms with Gasteiger partial charge < -0.3 is 19.9 Å². The molecular formula is C53H61FN8O7. The number of fused-ring (bicyclic) bond motifs is 2. The Morgan fingerprint density at radius 3 is 2.30 bits per heavy atom. The predicted octanol–water partition coefficient (Wildman–Crippen LogP) is 5.98. The number of hydrogen-bond acceptors (Lipinski definition) is 11. The van der Waals surface area contributed by atoms with Crippen LogP contribution in [0.1, 0.15) is 103 Å². The molecule has 6 aliphatic rings. The first-order valence-electron chi connectivity index (χ1n) is 24.9. The van der Waals surface area contributed by atoms with E-state index in [9.17, 15) is 33.2 Å². The summed E-state index contributed by atoms with van der Waals surface area (Å²) in [5.41, 5.74) is 4.10. The number of hydrogen-bond donors (Lipinski definition) is 2. The van der Waals surface area contributed by atoms with E-state index in [0.717, 1.165) is 118 Å². The summed E-state index contributed by atoms with van der Waals surface area (Å²) in [5, 5.41) is 6.26. The topological polar surface area (TPSA) is 165 Å². The monoisotopic (exact) mass is 940 g/mol. The minimum absolute atomic E-state index is 0.00106. The molecule has 1 aromatic heterocycles. The molecule has 16 heteroatoms.